The lowest BCUT2D eigenvalue weighted by Crippen LogP contribution is -2.45. The lowest BCUT2D eigenvalue weighted by Gasteiger charge is -2.33. The van der Waals surface area contributed by atoms with Gasteiger partial charge in [-0.2, -0.15) is 5.26 Å². The van der Waals surface area contributed by atoms with Crippen molar-refractivity contribution in [1.82, 2.24) is 10.2 Å². The summed E-state index contributed by atoms with van der Waals surface area (Å²) in [7, 11) is 0. The van der Waals surface area contributed by atoms with Gasteiger partial charge in [0.2, 0.25) is 0 Å². The maximum atomic E-state index is 9.19. The molecule has 0 radical (unpaired) electrons. The molecule has 19 heavy (non-hydrogen) atoms. The Morgan fingerprint density at radius 1 is 1.37 bits per heavy atom. The van der Waals surface area contributed by atoms with Gasteiger partial charge in [0.15, 0.2) is 0 Å². The molecule has 1 fully saturated rings. The zero-order chi connectivity index (χ0) is 13.1. The van der Waals surface area contributed by atoms with Crippen LogP contribution in [0, 0.1) is 11.3 Å². The van der Waals surface area contributed by atoms with Gasteiger partial charge in [-0.05, 0) is 23.6 Å². The molecule has 2 aliphatic heterocycles. The smallest absolute Gasteiger partial charge is 0.0994 e. The van der Waals surface area contributed by atoms with Gasteiger partial charge in [-0.3, -0.25) is 4.90 Å². The number of nitrogens with one attached hydrogen (secondary N) is 1. The Morgan fingerprint density at radius 3 is 3.00 bits per heavy atom. The monoisotopic (exact) mass is 257 g/mol. The van der Waals surface area contributed by atoms with Gasteiger partial charge in [0.05, 0.1) is 24.3 Å². The van der Waals surface area contributed by atoms with Crippen molar-refractivity contribution in [2.75, 3.05) is 39.3 Å². The molecule has 1 saturated heterocycles. The maximum absolute atomic E-state index is 9.19. The second-order valence-corrected chi connectivity index (χ2v) is 5.15. The molecule has 3 rings (SSSR count). The molecule has 4 nitrogen and oxygen atoms in total. The van der Waals surface area contributed by atoms with Gasteiger partial charge in [0.25, 0.3) is 0 Å². The molecule has 1 aromatic carbocycles. The van der Waals surface area contributed by atoms with Gasteiger partial charge in [-0.1, -0.05) is 12.1 Å². The first kappa shape index (κ1) is 12.6. The number of ether oxygens (including phenoxy) is 1. The molecule has 0 aromatic heterocycles. The van der Waals surface area contributed by atoms with Crippen LogP contribution in [0.25, 0.3) is 0 Å². The van der Waals surface area contributed by atoms with Crippen LogP contribution in [-0.2, 0) is 11.2 Å². The number of piperazine rings is 1. The van der Waals surface area contributed by atoms with E-state index in [0.29, 0.717) is 0 Å². The molecule has 0 spiro atoms. The number of rotatable bonds is 2. The summed E-state index contributed by atoms with van der Waals surface area (Å²) >= 11 is 0. The Labute approximate surface area is 114 Å². The largest absolute Gasteiger partial charge is 0.372 e. The molecule has 0 aliphatic carbocycles. The highest BCUT2D eigenvalue weighted by atomic mass is 16.5. The maximum Gasteiger partial charge on any atom is 0.0994 e. The first-order chi connectivity index (χ1) is 9.38. The predicted octanol–water partition coefficient (Wildman–Crippen LogP) is 1.08. The minimum Gasteiger partial charge on any atom is -0.372 e. The highest BCUT2D eigenvalue weighted by molar-refractivity contribution is 5.45. The lowest BCUT2D eigenvalue weighted by atomic mass is 9.93. The van der Waals surface area contributed by atoms with Crippen LogP contribution in [0.2, 0.25) is 0 Å². The second kappa shape index (κ2) is 5.70. The topological polar surface area (TPSA) is 48.3 Å². The Morgan fingerprint density at radius 2 is 2.21 bits per heavy atom. The van der Waals surface area contributed by atoms with E-state index in [-0.39, 0.29) is 6.10 Å². The zero-order valence-corrected chi connectivity index (χ0v) is 11.1. The number of benzene rings is 1. The molecule has 1 aromatic rings. The van der Waals surface area contributed by atoms with Gasteiger partial charge >= 0.3 is 0 Å². The lowest BCUT2D eigenvalue weighted by molar-refractivity contribution is 0.0135. The summed E-state index contributed by atoms with van der Waals surface area (Å²) in [5.74, 6) is 0. The van der Waals surface area contributed by atoms with Crippen LogP contribution in [0.15, 0.2) is 18.2 Å². The van der Waals surface area contributed by atoms with E-state index in [4.69, 9.17) is 4.74 Å². The summed E-state index contributed by atoms with van der Waals surface area (Å²) in [4.78, 5) is 2.44. The zero-order valence-electron chi connectivity index (χ0n) is 11.1. The Bertz CT molecular complexity index is 489. The van der Waals surface area contributed by atoms with Gasteiger partial charge in [0, 0.05) is 32.7 Å². The molecule has 0 saturated carbocycles. The van der Waals surface area contributed by atoms with E-state index in [1.54, 1.807) is 0 Å². The Balaban J connectivity index is 1.80. The second-order valence-electron chi connectivity index (χ2n) is 5.15. The normalized spacial score (nSPS) is 23.6. The van der Waals surface area contributed by atoms with Crippen LogP contribution in [0.1, 0.15) is 22.8 Å². The molecule has 0 unspecified atom stereocenters. The van der Waals surface area contributed by atoms with Gasteiger partial charge in [0.1, 0.15) is 0 Å². The third-order valence-electron chi connectivity index (χ3n) is 3.98. The molecule has 4 heteroatoms. The molecule has 100 valence electrons. The Kier molecular flexibility index (Phi) is 3.79. The molecule has 0 bridgehead atoms. The van der Waals surface area contributed by atoms with Crippen LogP contribution in [-0.4, -0.2) is 44.2 Å². The average molecular weight is 257 g/mol. The first-order valence-electron chi connectivity index (χ1n) is 6.95. The van der Waals surface area contributed by atoms with Crippen molar-refractivity contribution >= 4 is 0 Å². The van der Waals surface area contributed by atoms with Crippen LogP contribution < -0.4 is 5.32 Å². The van der Waals surface area contributed by atoms with Crippen molar-refractivity contribution < 1.29 is 4.74 Å². The van der Waals surface area contributed by atoms with E-state index in [9.17, 15) is 5.26 Å². The van der Waals surface area contributed by atoms with Crippen molar-refractivity contribution in [2.45, 2.75) is 12.5 Å². The summed E-state index contributed by atoms with van der Waals surface area (Å²) in [6, 6.07) is 8.29. The van der Waals surface area contributed by atoms with Crippen LogP contribution in [0.4, 0.5) is 0 Å². The van der Waals surface area contributed by atoms with Crippen LogP contribution >= 0.6 is 0 Å². The van der Waals surface area contributed by atoms with Crippen molar-refractivity contribution in [3.8, 4) is 6.07 Å². The summed E-state index contributed by atoms with van der Waals surface area (Å²) < 4.78 is 5.94. The van der Waals surface area contributed by atoms with Crippen molar-refractivity contribution in [2.24, 2.45) is 0 Å². The van der Waals surface area contributed by atoms with Crippen molar-refractivity contribution in [3.05, 3.63) is 34.9 Å². The molecular formula is C15H19N3O. The number of hydrogen-bond acceptors (Lipinski definition) is 4. The molecule has 1 atom stereocenters. The molecule has 2 aliphatic rings. The SMILES string of the molecule is N#Cc1cccc2c1CCO[C@@H]2CN1CCNCC1. The Hall–Kier alpha value is -1.41. The van der Waals surface area contributed by atoms with E-state index in [1.165, 1.54) is 11.1 Å². The molecule has 0 amide bonds. The van der Waals surface area contributed by atoms with E-state index < -0.39 is 0 Å². The number of fused-ring (bicyclic) bond motifs is 1. The number of hydrogen-bond donors (Lipinski definition) is 1. The minimum absolute atomic E-state index is 0.121. The molecule has 1 N–H and O–H groups in total. The molecule has 2 heterocycles. The third kappa shape index (κ3) is 2.64. The van der Waals surface area contributed by atoms with Gasteiger partial charge < -0.3 is 10.1 Å². The van der Waals surface area contributed by atoms with Crippen molar-refractivity contribution in [3.63, 3.8) is 0 Å². The van der Waals surface area contributed by atoms with Crippen molar-refractivity contribution in [1.29, 1.82) is 5.26 Å². The van der Waals surface area contributed by atoms with Crippen LogP contribution in [0.5, 0.6) is 0 Å². The average Bonchev–Trinajstić information content (AvgIpc) is 2.48. The highest BCUT2D eigenvalue weighted by Crippen LogP contribution is 2.29. The molecular weight excluding hydrogens is 238 g/mol. The van der Waals surface area contributed by atoms with E-state index in [0.717, 1.165) is 51.3 Å². The summed E-state index contributed by atoms with van der Waals surface area (Å²) in [6.07, 6.45) is 0.979. The van der Waals surface area contributed by atoms with E-state index in [2.05, 4.69) is 22.4 Å². The standard InChI is InChI=1S/C15H19N3O/c16-10-12-2-1-3-14-13(12)4-9-19-15(14)11-18-7-5-17-6-8-18/h1-3,15,17H,4-9,11H2/t15-/m1/s1. The quantitative estimate of drug-likeness (QED) is 0.861. The summed E-state index contributed by atoms with van der Waals surface area (Å²) in [5, 5.41) is 12.6. The fraction of sp³-hybridized carbons (Fsp3) is 0.533. The predicted molar refractivity (Wildman–Crippen MR) is 72.9 cm³/mol. The number of nitrogens with zero attached hydrogens (tertiary/aromatic N) is 2. The van der Waals surface area contributed by atoms with Crippen LogP contribution in [0.3, 0.4) is 0 Å². The van der Waals surface area contributed by atoms with E-state index >= 15 is 0 Å². The minimum atomic E-state index is 0.121. The summed E-state index contributed by atoms with van der Waals surface area (Å²) in [5.41, 5.74) is 3.21. The van der Waals surface area contributed by atoms with Gasteiger partial charge in [-0.25, -0.2) is 0 Å². The van der Waals surface area contributed by atoms with E-state index in [1.807, 2.05) is 12.1 Å². The fourth-order valence-corrected chi connectivity index (χ4v) is 2.96. The summed E-state index contributed by atoms with van der Waals surface area (Å²) in [6.45, 7) is 5.92. The third-order valence-corrected chi connectivity index (χ3v) is 3.98. The first-order valence-corrected chi connectivity index (χ1v) is 6.95. The number of nitriles is 1. The highest BCUT2D eigenvalue weighted by Gasteiger charge is 2.25. The fourth-order valence-electron chi connectivity index (χ4n) is 2.96. The van der Waals surface area contributed by atoms with Gasteiger partial charge in [-0.15, -0.1) is 0 Å².